The highest BCUT2D eigenvalue weighted by Crippen LogP contribution is 2.15. The van der Waals surface area contributed by atoms with Crippen LogP contribution < -0.4 is 10.9 Å². The molecule has 0 atom stereocenters. The summed E-state index contributed by atoms with van der Waals surface area (Å²) < 4.78 is 1.53. The summed E-state index contributed by atoms with van der Waals surface area (Å²) >= 11 is 0. The number of hydrogen-bond donors (Lipinski definition) is 2. The van der Waals surface area contributed by atoms with E-state index >= 15 is 0 Å². The SMILES string of the molecule is Cc1cc(C(=O)NCC(C)(C)N(C)C)c2c(=O)[nH]n(C)c2n1. The molecule has 2 heterocycles. The molecule has 0 saturated heterocycles. The summed E-state index contributed by atoms with van der Waals surface area (Å²) in [4.78, 5) is 30.9. The van der Waals surface area contributed by atoms with E-state index in [4.69, 9.17) is 0 Å². The number of aromatic nitrogens is 3. The lowest BCUT2D eigenvalue weighted by atomic mass is 10.0. The third kappa shape index (κ3) is 2.89. The van der Waals surface area contributed by atoms with Gasteiger partial charge in [-0.15, -0.1) is 0 Å². The van der Waals surface area contributed by atoms with Gasteiger partial charge in [0.05, 0.1) is 10.9 Å². The lowest BCUT2D eigenvalue weighted by Crippen LogP contribution is -2.48. The van der Waals surface area contributed by atoms with Crippen molar-refractivity contribution in [1.82, 2.24) is 25.0 Å². The molecule has 0 aliphatic carbocycles. The van der Waals surface area contributed by atoms with Crippen LogP contribution in [0.3, 0.4) is 0 Å². The fourth-order valence-electron chi connectivity index (χ4n) is 2.11. The zero-order valence-corrected chi connectivity index (χ0v) is 13.9. The van der Waals surface area contributed by atoms with E-state index in [2.05, 4.69) is 15.4 Å². The van der Waals surface area contributed by atoms with Crippen LogP contribution in [0.4, 0.5) is 0 Å². The first-order valence-electron chi connectivity index (χ1n) is 7.15. The Hall–Kier alpha value is -2.15. The van der Waals surface area contributed by atoms with Crippen LogP contribution in [0.5, 0.6) is 0 Å². The molecule has 0 fully saturated rings. The van der Waals surface area contributed by atoms with Crippen molar-refractivity contribution in [2.24, 2.45) is 7.05 Å². The van der Waals surface area contributed by atoms with Crippen LogP contribution in [0, 0.1) is 6.92 Å². The molecule has 2 rings (SSSR count). The number of H-pyrrole nitrogens is 1. The largest absolute Gasteiger partial charge is 0.350 e. The maximum absolute atomic E-state index is 12.5. The van der Waals surface area contributed by atoms with Gasteiger partial charge < -0.3 is 10.2 Å². The Bertz CT molecular complexity index is 770. The summed E-state index contributed by atoms with van der Waals surface area (Å²) in [5, 5.41) is 5.87. The number of rotatable bonds is 4. The Morgan fingerprint density at radius 3 is 2.68 bits per heavy atom. The number of carbonyl (C=O) groups is 1. The Morgan fingerprint density at radius 2 is 2.09 bits per heavy atom. The molecule has 120 valence electrons. The third-order valence-electron chi connectivity index (χ3n) is 4.08. The molecule has 0 radical (unpaired) electrons. The van der Waals surface area contributed by atoms with Gasteiger partial charge in [-0.3, -0.25) is 19.4 Å². The van der Waals surface area contributed by atoms with Gasteiger partial charge in [-0.1, -0.05) is 0 Å². The number of fused-ring (bicyclic) bond motifs is 1. The predicted molar refractivity (Wildman–Crippen MR) is 86.2 cm³/mol. The van der Waals surface area contributed by atoms with E-state index in [1.165, 1.54) is 4.68 Å². The van der Waals surface area contributed by atoms with Crippen molar-refractivity contribution in [3.8, 4) is 0 Å². The van der Waals surface area contributed by atoms with Crippen molar-refractivity contribution in [3.63, 3.8) is 0 Å². The number of amides is 1. The predicted octanol–water partition coefficient (Wildman–Crippen LogP) is 0.640. The molecule has 0 saturated carbocycles. The molecule has 2 aromatic heterocycles. The molecule has 0 aliphatic rings. The molecular formula is C15H23N5O2. The molecule has 0 spiro atoms. The minimum atomic E-state index is -0.304. The van der Waals surface area contributed by atoms with Crippen molar-refractivity contribution < 1.29 is 4.79 Å². The second-order valence-corrected chi connectivity index (χ2v) is 6.40. The van der Waals surface area contributed by atoms with E-state index in [1.54, 1.807) is 20.0 Å². The lowest BCUT2D eigenvalue weighted by Gasteiger charge is -2.32. The average molecular weight is 305 g/mol. The van der Waals surface area contributed by atoms with Crippen molar-refractivity contribution in [2.45, 2.75) is 26.3 Å². The Balaban J connectivity index is 2.39. The van der Waals surface area contributed by atoms with E-state index in [9.17, 15) is 9.59 Å². The summed E-state index contributed by atoms with van der Waals surface area (Å²) in [6.45, 7) is 6.36. The van der Waals surface area contributed by atoms with Gasteiger partial charge >= 0.3 is 0 Å². The van der Waals surface area contributed by atoms with Crippen molar-refractivity contribution >= 4 is 16.9 Å². The first-order chi connectivity index (χ1) is 10.1. The molecule has 2 aromatic rings. The topological polar surface area (TPSA) is 83.0 Å². The van der Waals surface area contributed by atoms with Crippen LogP contribution in [0.15, 0.2) is 10.9 Å². The molecule has 1 amide bonds. The molecule has 7 nitrogen and oxygen atoms in total. The van der Waals surface area contributed by atoms with Crippen LogP contribution in [0.2, 0.25) is 0 Å². The number of likely N-dealkylation sites (N-methyl/N-ethyl adjacent to an activating group) is 1. The third-order valence-corrected chi connectivity index (χ3v) is 4.08. The maximum atomic E-state index is 12.5. The number of nitrogens with zero attached hydrogens (tertiary/aromatic N) is 3. The Morgan fingerprint density at radius 1 is 1.45 bits per heavy atom. The number of pyridine rings is 1. The second kappa shape index (κ2) is 5.57. The quantitative estimate of drug-likeness (QED) is 0.868. The van der Waals surface area contributed by atoms with E-state index in [1.807, 2.05) is 32.8 Å². The normalized spacial score (nSPS) is 12.1. The smallest absolute Gasteiger partial charge is 0.274 e. The zero-order chi connectivity index (χ0) is 16.7. The van der Waals surface area contributed by atoms with E-state index in [0.29, 0.717) is 28.8 Å². The Labute approximate surface area is 129 Å². The van der Waals surface area contributed by atoms with Crippen LogP contribution in [0.1, 0.15) is 29.9 Å². The Kier molecular flexibility index (Phi) is 4.10. The number of aromatic amines is 1. The fourth-order valence-corrected chi connectivity index (χ4v) is 2.11. The summed E-state index contributed by atoms with van der Waals surface area (Å²) in [6.07, 6.45) is 0. The highest BCUT2D eigenvalue weighted by atomic mass is 16.2. The van der Waals surface area contributed by atoms with Crippen LogP contribution in [-0.4, -0.2) is 51.8 Å². The second-order valence-electron chi connectivity index (χ2n) is 6.40. The first kappa shape index (κ1) is 16.2. The molecule has 7 heteroatoms. The molecule has 0 unspecified atom stereocenters. The fraction of sp³-hybridized carbons (Fsp3) is 0.533. The van der Waals surface area contributed by atoms with Gasteiger partial charge in [-0.25, -0.2) is 4.98 Å². The number of nitrogens with one attached hydrogen (secondary N) is 2. The summed E-state index contributed by atoms with van der Waals surface area (Å²) in [5.41, 5.74) is 1.06. The average Bonchev–Trinajstić information content (AvgIpc) is 2.70. The van der Waals surface area contributed by atoms with Gasteiger partial charge in [0, 0.05) is 24.8 Å². The highest BCUT2D eigenvalue weighted by Gasteiger charge is 2.23. The zero-order valence-electron chi connectivity index (χ0n) is 13.9. The number of hydrogen-bond acceptors (Lipinski definition) is 4. The minimum absolute atomic E-state index is 0.181. The van der Waals surface area contributed by atoms with Crippen LogP contribution >= 0.6 is 0 Å². The maximum Gasteiger partial charge on any atom is 0.274 e. The van der Waals surface area contributed by atoms with E-state index in [0.717, 1.165) is 0 Å². The van der Waals surface area contributed by atoms with Gasteiger partial charge in [-0.05, 0) is 40.9 Å². The van der Waals surface area contributed by atoms with Crippen molar-refractivity contribution in [3.05, 3.63) is 27.7 Å². The summed E-state index contributed by atoms with van der Waals surface area (Å²) in [7, 11) is 5.62. The number of carbonyl (C=O) groups excluding carboxylic acids is 1. The van der Waals surface area contributed by atoms with Crippen LogP contribution in [0.25, 0.3) is 11.0 Å². The van der Waals surface area contributed by atoms with Gasteiger partial charge in [0.15, 0.2) is 5.65 Å². The minimum Gasteiger partial charge on any atom is -0.350 e. The van der Waals surface area contributed by atoms with Gasteiger partial charge in [0.1, 0.15) is 0 Å². The molecule has 2 N–H and O–H groups in total. The summed E-state index contributed by atoms with van der Waals surface area (Å²) in [6, 6.07) is 1.65. The molecule has 0 bridgehead atoms. The van der Waals surface area contributed by atoms with Crippen molar-refractivity contribution in [1.29, 1.82) is 0 Å². The molecule has 22 heavy (non-hydrogen) atoms. The molecule has 0 aromatic carbocycles. The van der Waals surface area contributed by atoms with Gasteiger partial charge in [0.2, 0.25) is 0 Å². The van der Waals surface area contributed by atoms with Crippen LogP contribution in [-0.2, 0) is 7.05 Å². The highest BCUT2D eigenvalue weighted by molar-refractivity contribution is 6.05. The molecule has 0 aliphatic heterocycles. The van der Waals surface area contributed by atoms with E-state index in [-0.39, 0.29) is 17.0 Å². The van der Waals surface area contributed by atoms with E-state index < -0.39 is 0 Å². The lowest BCUT2D eigenvalue weighted by molar-refractivity contribution is 0.0921. The monoisotopic (exact) mass is 305 g/mol. The number of aryl methyl sites for hydroxylation is 2. The van der Waals surface area contributed by atoms with Gasteiger partial charge in [-0.2, -0.15) is 0 Å². The van der Waals surface area contributed by atoms with Gasteiger partial charge in [0.25, 0.3) is 11.5 Å². The van der Waals surface area contributed by atoms with Crippen molar-refractivity contribution in [2.75, 3.05) is 20.6 Å². The summed E-state index contributed by atoms with van der Waals surface area (Å²) in [5.74, 6) is -0.262. The standard InChI is InChI=1S/C15H23N5O2/c1-9-7-10(11-12(17-9)20(6)18-14(11)22)13(21)16-8-15(2,3)19(4)5/h7H,8H2,1-6H3,(H,16,21)(H,18,22). The first-order valence-corrected chi connectivity index (χ1v) is 7.15. The molecular weight excluding hydrogens is 282 g/mol.